The van der Waals surface area contributed by atoms with Crippen molar-refractivity contribution in [1.29, 1.82) is 0 Å². The van der Waals surface area contributed by atoms with Crippen LogP contribution >= 0.6 is 23.8 Å². The van der Waals surface area contributed by atoms with E-state index >= 15 is 0 Å². The average Bonchev–Trinajstić information content (AvgIpc) is 2.99. The minimum atomic E-state index is -0.455. The number of fused-ring (bicyclic) bond motifs is 1. The smallest absolute Gasteiger partial charge is 0.305 e. The molecule has 3 aromatic rings. The second kappa shape index (κ2) is 6.59. The third kappa shape index (κ3) is 3.74. The van der Waals surface area contributed by atoms with E-state index in [9.17, 15) is 4.79 Å². The van der Waals surface area contributed by atoms with Gasteiger partial charge in [-0.05, 0) is 48.6 Å². The first kappa shape index (κ1) is 15.2. The van der Waals surface area contributed by atoms with Gasteiger partial charge < -0.3 is 10.3 Å². The van der Waals surface area contributed by atoms with E-state index in [1.165, 1.54) is 0 Å². The molecular formula is C14H11ClN6OS. The second-order valence-electron chi connectivity index (χ2n) is 4.50. The number of hydrazine groups is 1. The predicted octanol–water partition coefficient (Wildman–Crippen LogP) is 2.24. The number of aromatic nitrogens is 3. The van der Waals surface area contributed by atoms with E-state index in [2.05, 4.69) is 31.1 Å². The minimum Gasteiger partial charge on any atom is -0.332 e. The number of imidazole rings is 1. The predicted molar refractivity (Wildman–Crippen MR) is 92.2 cm³/mol. The van der Waals surface area contributed by atoms with Gasteiger partial charge in [-0.3, -0.25) is 15.6 Å². The van der Waals surface area contributed by atoms with Crippen LogP contribution in [0.2, 0.25) is 5.02 Å². The summed E-state index contributed by atoms with van der Waals surface area (Å²) < 4.78 is 0. The van der Waals surface area contributed by atoms with Gasteiger partial charge in [-0.25, -0.2) is 9.97 Å². The number of nitrogens with zero attached hydrogens (tertiary/aromatic N) is 2. The zero-order valence-electron chi connectivity index (χ0n) is 11.6. The van der Waals surface area contributed by atoms with Crippen LogP contribution in [0.4, 0.5) is 5.69 Å². The largest absolute Gasteiger partial charge is 0.332 e. The monoisotopic (exact) mass is 346 g/mol. The Morgan fingerprint density at radius 2 is 1.96 bits per heavy atom. The van der Waals surface area contributed by atoms with E-state index < -0.39 is 5.91 Å². The summed E-state index contributed by atoms with van der Waals surface area (Å²) in [6, 6.07) is 10.5. The number of thiocarbonyl (C=S) groups is 1. The molecule has 0 aliphatic carbocycles. The highest BCUT2D eigenvalue weighted by molar-refractivity contribution is 7.80. The van der Waals surface area contributed by atoms with Gasteiger partial charge in [-0.1, -0.05) is 11.6 Å². The van der Waals surface area contributed by atoms with E-state index in [0.29, 0.717) is 16.2 Å². The molecule has 2 aromatic heterocycles. The number of carbonyl (C=O) groups is 1. The van der Waals surface area contributed by atoms with Crippen LogP contribution in [-0.4, -0.2) is 26.0 Å². The molecule has 2 heterocycles. The van der Waals surface area contributed by atoms with Crippen molar-refractivity contribution < 1.29 is 4.79 Å². The molecule has 1 amide bonds. The molecule has 0 saturated heterocycles. The van der Waals surface area contributed by atoms with Gasteiger partial charge in [-0.15, -0.1) is 0 Å². The second-order valence-corrected chi connectivity index (χ2v) is 5.34. The quantitative estimate of drug-likeness (QED) is 0.420. The highest BCUT2D eigenvalue weighted by atomic mass is 35.5. The van der Waals surface area contributed by atoms with Crippen molar-refractivity contribution in [1.82, 2.24) is 25.8 Å². The molecular weight excluding hydrogens is 336 g/mol. The molecule has 0 saturated carbocycles. The van der Waals surface area contributed by atoms with Crippen LogP contribution in [0.15, 0.2) is 42.6 Å². The van der Waals surface area contributed by atoms with Crippen molar-refractivity contribution >= 4 is 51.7 Å². The first-order chi connectivity index (χ1) is 11.1. The Morgan fingerprint density at radius 1 is 1.17 bits per heavy atom. The number of aromatic amines is 1. The molecule has 116 valence electrons. The number of rotatable bonds is 2. The Hall–Kier alpha value is -2.71. The molecule has 1 aromatic carbocycles. The number of carbonyl (C=O) groups excluding carboxylic acids is 1. The zero-order valence-corrected chi connectivity index (χ0v) is 13.2. The van der Waals surface area contributed by atoms with Crippen LogP contribution < -0.4 is 16.2 Å². The van der Waals surface area contributed by atoms with Crippen molar-refractivity contribution in [3.05, 3.63) is 53.4 Å². The maximum absolute atomic E-state index is 12.0. The van der Waals surface area contributed by atoms with Crippen LogP contribution in [0.1, 0.15) is 10.6 Å². The van der Waals surface area contributed by atoms with Crippen molar-refractivity contribution in [2.45, 2.75) is 0 Å². The summed E-state index contributed by atoms with van der Waals surface area (Å²) in [6.45, 7) is 0. The summed E-state index contributed by atoms with van der Waals surface area (Å²) in [4.78, 5) is 23.0. The van der Waals surface area contributed by atoms with E-state index in [1.54, 1.807) is 42.6 Å². The Morgan fingerprint density at radius 3 is 2.70 bits per heavy atom. The first-order valence-electron chi connectivity index (χ1n) is 6.55. The lowest BCUT2D eigenvalue weighted by Crippen LogP contribution is -2.44. The van der Waals surface area contributed by atoms with Crippen LogP contribution in [0.5, 0.6) is 0 Å². The standard InChI is InChI=1S/C14H11ClN6OS/c15-8-3-5-9(6-4-8)17-14(23)21-20-13(22)12-18-10-2-1-7-16-11(10)19-12/h1-7H,(H,20,22)(H,16,18,19)(H2,17,21,23). The third-order valence-corrected chi connectivity index (χ3v) is 3.32. The Bertz CT molecular complexity index is 830. The number of hydrogen-bond acceptors (Lipinski definition) is 4. The molecule has 0 radical (unpaired) electrons. The van der Waals surface area contributed by atoms with Gasteiger partial charge in [0.15, 0.2) is 10.8 Å². The summed E-state index contributed by atoms with van der Waals surface area (Å²) in [5.41, 5.74) is 6.94. The topological polar surface area (TPSA) is 94.7 Å². The van der Waals surface area contributed by atoms with Crippen molar-refractivity contribution in [2.24, 2.45) is 0 Å². The summed E-state index contributed by atoms with van der Waals surface area (Å²) in [5, 5.41) is 3.76. The summed E-state index contributed by atoms with van der Waals surface area (Å²) >= 11 is 10.9. The van der Waals surface area contributed by atoms with Gasteiger partial charge in [0.2, 0.25) is 5.82 Å². The zero-order chi connectivity index (χ0) is 16.2. The molecule has 0 fully saturated rings. The summed E-state index contributed by atoms with van der Waals surface area (Å²) in [6.07, 6.45) is 1.61. The average molecular weight is 347 g/mol. The first-order valence-corrected chi connectivity index (χ1v) is 7.34. The van der Waals surface area contributed by atoms with Gasteiger partial charge in [0.25, 0.3) is 0 Å². The number of H-pyrrole nitrogens is 1. The summed E-state index contributed by atoms with van der Waals surface area (Å²) in [5.74, 6) is -0.316. The maximum atomic E-state index is 12.0. The number of hydrogen-bond donors (Lipinski definition) is 4. The van der Waals surface area contributed by atoms with Gasteiger partial charge in [0.05, 0.1) is 5.52 Å². The minimum absolute atomic E-state index is 0.139. The number of pyridine rings is 1. The lowest BCUT2D eigenvalue weighted by molar-refractivity contribution is 0.0935. The maximum Gasteiger partial charge on any atom is 0.305 e. The Kier molecular flexibility index (Phi) is 4.35. The molecule has 0 unspecified atom stereocenters. The molecule has 3 rings (SSSR count). The van der Waals surface area contributed by atoms with Gasteiger partial charge >= 0.3 is 5.91 Å². The SMILES string of the molecule is O=C(NNC(=S)Nc1ccc(Cl)cc1)c1nc2ncccc2[nH]1. The number of halogens is 1. The van der Waals surface area contributed by atoms with E-state index in [0.717, 1.165) is 5.69 Å². The fourth-order valence-corrected chi connectivity index (χ4v) is 2.12. The molecule has 23 heavy (non-hydrogen) atoms. The lowest BCUT2D eigenvalue weighted by atomic mass is 10.3. The highest BCUT2D eigenvalue weighted by Gasteiger charge is 2.11. The molecule has 0 spiro atoms. The van der Waals surface area contributed by atoms with Crippen molar-refractivity contribution in [3.63, 3.8) is 0 Å². The van der Waals surface area contributed by atoms with Crippen LogP contribution in [0.25, 0.3) is 11.2 Å². The molecule has 7 nitrogen and oxygen atoms in total. The molecule has 9 heteroatoms. The highest BCUT2D eigenvalue weighted by Crippen LogP contribution is 2.13. The number of anilines is 1. The normalized spacial score (nSPS) is 10.3. The number of benzene rings is 1. The number of nitrogens with one attached hydrogen (secondary N) is 4. The van der Waals surface area contributed by atoms with E-state index in [1.807, 2.05) is 0 Å². The Balaban J connectivity index is 1.57. The molecule has 4 N–H and O–H groups in total. The molecule has 0 atom stereocenters. The Labute approximate surface area is 141 Å². The van der Waals surface area contributed by atoms with Crippen LogP contribution in [0, 0.1) is 0 Å². The lowest BCUT2D eigenvalue weighted by Gasteiger charge is -2.10. The van der Waals surface area contributed by atoms with Gasteiger partial charge in [0.1, 0.15) is 0 Å². The summed E-state index contributed by atoms with van der Waals surface area (Å²) in [7, 11) is 0. The van der Waals surface area contributed by atoms with Crippen LogP contribution in [0.3, 0.4) is 0 Å². The van der Waals surface area contributed by atoms with E-state index in [-0.39, 0.29) is 10.9 Å². The molecule has 0 aliphatic rings. The van der Waals surface area contributed by atoms with Crippen molar-refractivity contribution in [3.8, 4) is 0 Å². The van der Waals surface area contributed by atoms with Gasteiger partial charge in [0, 0.05) is 16.9 Å². The van der Waals surface area contributed by atoms with E-state index in [4.69, 9.17) is 23.8 Å². The van der Waals surface area contributed by atoms with Crippen molar-refractivity contribution in [2.75, 3.05) is 5.32 Å². The molecule has 0 bridgehead atoms. The number of amides is 1. The molecule has 0 aliphatic heterocycles. The van der Waals surface area contributed by atoms with Gasteiger partial charge in [-0.2, -0.15) is 0 Å². The van der Waals surface area contributed by atoms with Crippen LogP contribution in [-0.2, 0) is 0 Å². The fraction of sp³-hybridized carbons (Fsp3) is 0. The third-order valence-electron chi connectivity index (χ3n) is 2.86. The fourth-order valence-electron chi connectivity index (χ4n) is 1.82.